The molecule has 0 fully saturated rings. The lowest BCUT2D eigenvalue weighted by Gasteiger charge is -2.14. The van der Waals surface area contributed by atoms with Crippen molar-refractivity contribution in [2.75, 3.05) is 0 Å². The average molecular weight is 334 g/mol. The monoisotopic (exact) mass is 333 g/mol. The number of carbonyl (C=O) groups excluding carboxylic acids is 1. The van der Waals surface area contributed by atoms with E-state index >= 15 is 0 Å². The Hall–Kier alpha value is -2.14. The molecule has 1 amide bonds. The van der Waals surface area contributed by atoms with Crippen LogP contribution in [0.3, 0.4) is 0 Å². The van der Waals surface area contributed by atoms with E-state index in [0.717, 1.165) is 5.56 Å². The molecule has 1 aromatic heterocycles. The summed E-state index contributed by atoms with van der Waals surface area (Å²) >= 11 is 5.86. The van der Waals surface area contributed by atoms with Gasteiger partial charge < -0.3 is 10.3 Å². The maximum Gasteiger partial charge on any atom is 0.254 e. The molecule has 5 nitrogen and oxygen atoms in total. The minimum atomic E-state index is -0.254. The van der Waals surface area contributed by atoms with Crippen LogP contribution in [0.2, 0.25) is 5.02 Å². The molecule has 6 heteroatoms. The van der Waals surface area contributed by atoms with Crippen molar-refractivity contribution in [1.82, 2.24) is 15.3 Å². The molecule has 1 atom stereocenters. The van der Waals surface area contributed by atoms with Crippen LogP contribution in [-0.4, -0.2) is 21.9 Å². The van der Waals surface area contributed by atoms with Crippen LogP contribution in [0.25, 0.3) is 0 Å². The predicted octanol–water partition coefficient (Wildman–Crippen LogP) is 2.33. The van der Waals surface area contributed by atoms with Crippen LogP contribution >= 0.6 is 11.6 Å². The standard InChI is InChI=1S/C17H20ClN3O2/c1-10(8-13-4-6-14(18)7-5-13)19-16(22)9-15-11(2)20-12(3)21-17(15)23/h4-7,10H,8-9H2,1-3H3,(H,19,22)(H,20,21,23)/t10-/m1/s1. The quantitative estimate of drug-likeness (QED) is 0.881. The van der Waals surface area contributed by atoms with E-state index in [2.05, 4.69) is 15.3 Å². The molecule has 0 unspecified atom stereocenters. The van der Waals surface area contributed by atoms with Crippen LogP contribution in [0, 0.1) is 13.8 Å². The Bertz CT molecular complexity index is 753. The van der Waals surface area contributed by atoms with Crippen molar-refractivity contribution >= 4 is 17.5 Å². The fourth-order valence-electron chi connectivity index (χ4n) is 2.47. The zero-order valence-electron chi connectivity index (χ0n) is 13.4. The second-order valence-electron chi connectivity index (χ2n) is 5.69. The largest absolute Gasteiger partial charge is 0.353 e. The molecule has 1 aromatic carbocycles. The summed E-state index contributed by atoms with van der Waals surface area (Å²) < 4.78 is 0. The van der Waals surface area contributed by atoms with Crippen LogP contribution in [-0.2, 0) is 17.6 Å². The van der Waals surface area contributed by atoms with Gasteiger partial charge in [0.15, 0.2) is 0 Å². The topological polar surface area (TPSA) is 74.8 Å². The molecule has 0 aliphatic rings. The molecule has 0 bridgehead atoms. The molecule has 2 aromatic rings. The molecule has 0 saturated carbocycles. The lowest BCUT2D eigenvalue weighted by atomic mass is 10.1. The molecule has 0 radical (unpaired) electrons. The van der Waals surface area contributed by atoms with Crippen LogP contribution in [0.5, 0.6) is 0 Å². The number of amides is 1. The van der Waals surface area contributed by atoms with E-state index in [1.165, 1.54) is 0 Å². The summed E-state index contributed by atoms with van der Waals surface area (Å²) in [4.78, 5) is 30.9. The number of aromatic amines is 1. The molecule has 0 saturated heterocycles. The van der Waals surface area contributed by atoms with Gasteiger partial charge in [0, 0.05) is 22.3 Å². The zero-order valence-corrected chi connectivity index (χ0v) is 14.2. The Kier molecular flexibility index (Phi) is 5.55. The predicted molar refractivity (Wildman–Crippen MR) is 90.8 cm³/mol. The third-order valence-electron chi connectivity index (χ3n) is 3.54. The van der Waals surface area contributed by atoms with Crippen molar-refractivity contribution in [2.24, 2.45) is 0 Å². The number of rotatable bonds is 5. The number of hydrogen-bond acceptors (Lipinski definition) is 3. The van der Waals surface area contributed by atoms with Gasteiger partial charge in [-0.05, 0) is 44.9 Å². The summed E-state index contributed by atoms with van der Waals surface area (Å²) in [5.74, 6) is 0.360. The van der Waals surface area contributed by atoms with Gasteiger partial charge >= 0.3 is 0 Å². The third kappa shape index (κ3) is 4.93. The maximum atomic E-state index is 12.1. The first-order valence-corrected chi connectivity index (χ1v) is 7.83. The smallest absolute Gasteiger partial charge is 0.254 e. The molecule has 0 aliphatic carbocycles. The highest BCUT2D eigenvalue weighted by Crippen LogP contribution is 2.11. The Labute approximate surface area is 140 Å². The number of benzene rings is 1. The number of nitrogens with one attached hydrogen (secondary N) is 2. The number of nitrogens with zero attached hydrogens (tertiary/aromatic N) is 1. The second-order valence-corrected chi connectivity index (χ2v) is 6.13. The highest BCUT2D eigenvalue weighted by Gasteiger charge is 2.14. The summed E-state index contributed by atoms with van der Waals surface area (Å²) in [7, 11) is 0. The lowest BCUT2D eigenvalue weighted by Crippen LogP contribution is -2.36. The van der Waals surface area contributed by atoms with Gasteiger partial charge in [-0.25, -0.2) is 4.98 Å². The van der Waals surface area contributed by atoms with Gasteiger partial charge in [0.05, 0.1) is 6.42 Å². The van der Waals surface area contributed by atoms with Gasteiger partial charge in [-0.1, -0.05) is 23.7 Å². The van der Waals surface area contributed by atoms with Crippen molar-refractivity contribution < 1.29 is 4.79 Å². The van der Waals surface area contributed by atoms with Gasteiger partial charge in [0.2, 0.25) is 5.91 Å². The molecular weight excluding hydrogens is 314 g/mol. The third-order valence-corrected chi connectivity index (χ3v) is 3.79. The van der Waals surface area contributed by atoms with Crippen LogP contribution in [0.15, 0.2) is 29.1 Å². The number of aryl methyl sites for hydroxylation is 2. The minimum Gasteiger partial charge on any atom is -0.353 e. The summed E-state index contributed by atoms with van der Waals surface area (Å²) in [5.41, 5.74) is 1.84. The summed E-state index contributed by atoms with van der Waals surface area (Å²) in [5, 5.41) is 3.60. The molecule has 23 heavy (non-hydrogen) atoms. The van der Waals surface area contributed by atoms with E-state index in [9.17, 15) is 9.59 Å². The molecule has 0 aliphatic heterocycles. The first-order chi connectivity index (χ1) is 10.8. The normalized spacial score (nSPS) is 12.0. The van der Waals surface area contributed by atoms with Crippen LogP contribution in [0.4, 0.5) is 0 Å². The van der Waals surface area contributed by atoms with E-state index in [0.29, 0.717) is 28.5 Å². The molecular formula is C17H20ClN3O2. The molecule has 1 heterocycles. The minimum absolute atomic E-state index is 0.0272. The highest BCUT2D eigenvalue weighted by molar-refractivity contribution is 6.30. The Morgan fingerprint density at radius 1 is 1.30 bits per heavy atom. The van der Waals surface area contributed by atoms with Gasteiger partial charge in [-0.15, -0.1) is 0 Å². The number of H-pyrrole nitrogens is 1. The van der Waals surface area contributed by atoms with Crippen LogP contribution in [0.1, 0.15) is 29.6 Å². The van der Waals surface area contributed by atoms with E-state index in [4.69, 9.17) is 11.6 Å². The SMILES string of the molecule is Cc1nc(C)c(CC(=O)N[C@H](C)Cc2ccc(Cl)cc2)c(=O)[nH]1. The number of halogens is 1. The van der Waals surface area contributed by atoms with E-state index in [1.807, 2.05) is 31.2 Å². The summed E-state index contributed by atoms with van der Waals surface area (Å²) in [6, 6.07) is 7.48. The van der Waals surface area contributed by atoms with Crippen molar-refractivity contribution in [3.8, 4) is 0 Å². The molecule has 2 N–H and O–H groups in total. The van der Waals surface area contributed by atoms with Gasteiger partial charge in [0.1, 0.15) is 5.82 Å². The lowest BCUT2D eigenvalue weighted by molar-refractivity contribution is -0.121. The summed E-state index contributed by atoms with van der Waals surface area (Å²) in [6.07, 6.45) is 0.726. The maximum absolute atomic E-state index is 12.1. The first kappa shape index (κ1) is 17.2. The first-order valence-electron chi connectivity index (χ1n) is 7.45. The van der Waals surface area contributed by atoms with E-state index in [1.54, 1.807) is 13.8 Å². The van der Waals surface area contributed by atoms with Crippen LogP contribution < -0.4 is 10.9 Å². The fourth-order valence-corrected chi connectivity index (χ4v) is 2.60. The average Bonchev–Trinajstić information content (AvgIpc) is 2.45. The summed E-state index contributed by atoms with van der Waals surface area (Å²) in [6.45, 7) is 5.38. The van der Waals surface area contributed by atoms with Crippen molar-refractivity contribution in [2.45, 2.75) is 39.7 Å². The molecule has 122 valence electrons. The number of aromatic nitrogens is 2. The molecule has 2 rings (SSSR count). The zero-order chi connectivity index (χ0) is 17.0. The highest BCUT2D eigenvalue weighted by atomic mass is 35.5. The number of carbonyl (C=O) groups is 1. The Morgan fingerprint density at radius 3 is 2.57 bits per heavy atom. The molecule has 0 spiro atoms. The van der Waals surface area contributed by atoms with Gasteiger partial charge in [0.25, 0.3) is 5.56 Å². The Balaban J connectivity index is 1.97. The van der Waals surface area contributed by atoms with Gasteiger partial charge in [-0.3, -0.25) is 9.59 Å². The Morgan fingerprint density at radius 2 is 1.96 bits per heavy atom. The van der Waals surface area contributed by atoms with Gasteiger partial charge in [-0.2, -0.15) is 0 Å². The fraction of sp³-hybridized carbons (Fsp3) is 0.353. The van der Waals surface area contributed by atoms with Crippen molar-refractivity contribution in [1.29, 1.82) is 0 Å². The van der Waals surface area contributed by atoms with Crippen molar-refractivity contribution in [3.05, 3.63) is 62.3 Å². The second kappa shape index (κ2) is 7.42. The van der Waals surface area contributed by atoms with E-state index < -0.39 is 0 Å². The van der Waals surface area contributed by atoms with E-state index in [-0.39, 0.29) is 23.9 Å². The number of hydrogen-bond donors (Lipinski definition) is 2. The van der Waals surface area contributed by atoms with Crippen molar-refractivity contribution in [3.63, 3.8) is 0 Å².